The maximum atomic E-state index is 13.1. The van der Waals surface area contributed by atoms with E-state index in [2.05, 4.69) is 5.32 Å². The SMILES string of the molecule is OCC1(CNCc2cc(F)cc(C(F)(F)F)c2)CC1. The number of aliphatic hydroxyl groups excluding tert-OH is 1. The number of hydrogen-bond donors (Lipinski definition) is 2. The summed E-state index contributed by atoms with van der Waals surface area (Å²) in [4.78, 5) is 0. The smallest absolute Gasteiger partial charge is 0.396 e. The normalized spacial score (nSPS) is 17.5. The quantitative estimate of drug-likeness (QED) is 0.811. The zero-order chi connectivity index (χ0) is 14.1. The molecule has 2 nitrogen and oxygen atoms in total. The molecule has 0 aliphatic heterocycles. The molecule has 0 bridgehead atoms. The molecule has 0 radical (unpaired) electrons. The molecule has 0 unspecified atom stereocenters. The Morgan fingerprint density at radius 1 is 1.21 bits per heavy atom. The van der Waals surface area contributed by atoms with Crippen LogP contribution in [0.4, 0.5) is 17.6 Å². The predicted molar refractivity (Wildman–Crippen MR) is 61.9 cm³/mol. The second kappa shape index (κ2) is 5.09. The van der Waals surface area contributed by atoms with Crippen molar-refractivity contribution in [3.63, 3.8) is 0 Å². The fraction of sp³-hybridized carbons (Fsp3) is 0.538. The zero-order valence-corrected chi connectivity index (χ0v) is 10.2. The lowest BCUT2D eigenvalue weighted by molar-refractivity contribution is -0.137. The van der Waals surface area contributed by atoms with Gasteiger partial charge in [0.1, 0.15) is 5.82 Å². The highest BCUT2D eigenvalue weighted by Gasteiger charge is 2.41. The largest absolute Gasteiger partial charge is 0.416 e. The van der Waals surface area contributed by atoms with Gasteiger partial charge in [-0.15, -0.1) is 0 Å². The average Bonchev–Trinajstić information content (AvgIpc) is 3.08. The summed E-state index contributed by atoms with van der Waals surface area (Å²) < 4.78 is 50.6. The van der Waals surface area contributed by atoms with Gasteiger partial charge in [-0.2, -0.15) is 13.2 Å². The number of hydrogen-bond acceptors (Lipinski definition) is 2. The summed E-state index contributed by atoms with van der Waals surface area (Å²) in [7, 11) is 0. The molecule has 0 amide bonds. The molecule has 2 N–H and O–H groups in total. The molecule has 0 saturated heterocycles. The van der Waals surface area contributed by atoms with Crippen molar-refractivity contribution in [1.82, 2.24) is 5.32 Å². The number of halogens is 4. The lowest BCUT2D eigenvalue weighted by Gasteiger charge is -2.14. The van der Waals surface area contributed by atoms with Crippen molar-refractivity contribution in [1.29, 1.82) is 0 Å². The van der Waals surface area contributed by atoms with E-state index < -0.39 is 17.6 Å². The highest BCUT2D eigenvalue weighted by Crippen LogP contribution is 2.44. The molecule has 0 heterocycles. The molecule has 6 heteroatoms. The second-order valence-corrected chi connectivity index (χ2v) is 5.11. The van der Waals surface area contributed by atoms with Crippen LogP contribution in [0, 0.1) is 11.2 Å². The molecule has 1 saturated carbocycles. The van der Waals surface area contributed by atoms with Gasteiger partial charge >= 0.3 is 6.18 Å². The van der Waals surface area contributed by atoms with Crippen LogP contribution in [0.5, 0.6) is 0 Å². The molecule has 1 fully saturated rings. The predicted octanol–water partition coefficient (Wildman–Crippen LogP) is 2.71. The van der Waals surface area contributed by atoms with Crippen LogP contribution in [0.25, 0.3) is 0 Å². The molecule has 1 aromatic carbocycles. The average molecular weight is 277 g/mol. The monoisotopic (exact) mass is 277 g/mol. The van der Waals surface area contributed by atoms with Crippen LogP contribution in [0.3, 0.4) is 0 Å². The molecule has 19 heavy (non-hydrogen) atoms. The Labute approximate surface area is 108 Å². The van der Waals surface area contributed by atoms with Crippen LogP contribution in [0.2, 0.25) is 0 Å². The van der Waals surface area contributed by atoms with E-state index in [0.29, 0.717) is 12.6 Å². The van der Waals surface area contributed by atoms with Crippen molar-refractivity contribution in [3.8, 4) is 0 Å². The summed E-state index contributed by atoms with van der Waals surface area (Å²) in [6.45, 7) is 0.751. The van der Waals surface area contributed by atoms with Crippen molar-refractivity contribution >= 4 is 0 Å². The van der Waals surface area contributed by atoms with Gasteiger partial charge in [-0.1, -0.05) is 0 Å². The fourth-order valence-electron chi connectivity index (χ4n) is 1.96. The lowest BCUT2D eigenvalue weighted by Crippen LogP contribution is -2.26. The van der Waals surface area contributed by atoms with Gasteiger partial charge in [0.2, 0.25) is 0 Å². The Hall–Kier alpha value is -1.14. The molecule has 1 aromatic rings. The van der Waals surface area contributed by atoms with E-state index in [1.54, 1.807) is 0 Å². The highest BCUT2D eigenvalue weighted by atomic mass is 19.4. The van der Waals surface area contributed by atoms with E-state index in [0.717, 1.165) is 25.0 Å². The van der Waals surface area contributed by atoms with Gasteiger partial charge in [0.05, 0.1) is 5.56 Å². The molecular weight excluding hydrogens is 262 g/mol. The second-order valence-electron chi connectivity index (χ2n) is 5.11. The van der Waals surface area contributed by atoms with Gasteiger partial charge in [-0.25, -0.2) is 4.39 Å². The Morgan fingerprint density at radius 3 is 2.42 bits per heavy atom. The van der Waals surface area contributed by atoms with E-state index in [-0.39, 0.29) is 24.1 Å². The molecule has 106 valence electrons. The third kappa shape index (κ3) is 3.67. The molecule has 0 spiro atoms. The Balaban J connectivity index is 1.98. The first-order chi connectivity index (χ1) is 8.85. The number of alkyl halides is 3. The zero-order valence-electron chi connectivity index (χ0n) is 10.2. The maximum Gasteiger partial charge on any atom is 0.416 e. The van der Waals surface area contributed by atoms with Crippen LogP contribution < -0.4 is 5.32 Å². The summed E-state index contributed by atoms with van der Waals surface area (Å²) in [6, 6.07) is 2.51. The first kappa shape index (κ1) is 14.3. The molecule has 0 atom stereocenters. The third-order valence-electron chi connectivity index (χ3n) is 3.41. The Kier molecular flexibility index (Phi) is 3.82. The number of benzene rings is 1. The van der Waals surface area contributed by atoms with Gasteiger partial charge in [0.25, 0.3) is 0 Å². The highest BCUT2D eigenvalue weighted by molar-refractivity contribution is 5.26. The minimum Gasteiger partial charge on any atom is -0.396 e. The minimum atomic E-state index is -4.54. The molecule has 2 rings (SSSR count). The van der Waals surface area contributed by atoms with E-state index in [1.807, 2.05) is 0 Å². The number of nitrogens with one attached hydrogen (secondary N) is 1. The summed E-state index contributed by atoms with van der Waals surface area (Å²) in [6.07, 6.45) is -2.72. The van der Waals surface area contributed by atoms with Crippen LogP contribution in [-0.2, 0) is 12.7 Å². The first-order valence-electron chi connectivity index (χ1n) is 6.03. The number of aliphatic hydroxyl groups is 1. The van der Waals surface area contributed by atoms with Gasteiger partial charge in [-0.05, 0) is 36.6 Å². The summed E-state index contributed by atoms with van der Waals surface area (Å²) >= 11 is 0. The van der Waals surface area contributed by atoms with Crippen LogP contribution in [0.1, 0.15) is 24.0 Å². The van der Waals surface area contributed by atoms with Gasteiger partial charge in [0.15, 0.2) is 0 Å². The van der Waals surface area contributed by atoms with E-state index in [9.17, 15) is 17.6 Å². The van der Waals surface area contributed by atoms with Gasteiger partial charge in [0, 0.05) is 25.1 Å². The standard InChI is InChI=1S/C13H15F4NO/c14-11-4-9(3-10(5-11)13(15,16)17)6-18-7-12(8-19)1-2-12/h3-5,18-19H,1-2,6-8H2. The third-order valence-corrected chi connectivity index (χ3v) is 3.41. The minimum absolute atomic E-state index is 0.0664. The van der Waals surface area contributed by atoms with Crippen molar-refractivity contribution in [3.05, 3.63) is 35.1 Å². The van der Waals surface area contributed by atoms with Crippen molar-refractivity contribution < 1.29 is 22.7 Å². The van der Waals surface area contributed by atoms with E-state index in [4.69, 9.17) is 5.11 Å². The topological polar surface area (TPSA) is 32.3 Å². The summed E-state index contributed by atoms with van der Waals surface area (Å²) in [5, 5.41) is 12.1. The van der Waals surface area contributed by atoms with E-state index >= 15 is 0 Å². The Morgan fingerprint density at radius 2 is 1.89 bits per heavy atom. The fourth-order valence-corrected chi connectivity index (χ4v) is 1.96. The summed E-state index contributed by atoms with van der Waals surface area (Å²) in [5.74, 6) is -0.894. The van der Waals surface area contributed by atoms with Gasteiger partial charge < -0.3 is 10.4 Å². The Bertz CT molecular complexity index is 454. The van der Waals surface area contributed by atoms with Crippen molar-refractivity contribution in [2.45, 2.75) is 25.6 Å². The molecule has 0 aromatic heterocycles. The number of rotatable bonds is 5. The van der Waals surface area contributed by atoms with Crippen LogP contribution >= 0.6 is 0 Å². The summed E-state index contributed by atoms with van der Waals surface area (Å²) in [5.41, 5.74) is -0.853. The molecule has 1 aliphatic carbocycles. The van der Waals surface area contributed by atoms with Crippen LogP contribution in [0.15, 0.2) is 18.2 Å². The lowest BCUT2D eigenvalue weighted by atomic mass is 10.1. The molecule has 1 aliphatic rings. The van der Waals surface area contributed by atoms with Crippen molar-refractivity contribution in [2.24, 2.45) is 5.41 Å². The molecular formula is C13H15F4NO. The van der Waals surface area contributed by atoms with Crippen LogP contribution in [-0.4, -0.2) is 18.3 Å². The maximum absolute atomic E-state index is 13.1. The van der Waals surface area contributed by atoms with E-state index in [1.165, 1.54) is 0 Å². The van der Waals surface area contributed by atoms with Crippen molar-refractivity contribution in [2.75, 3.05) is 13.2 Å². The van der Waals surface area contributed by atoms with Gasteiger partial charge in [-0.3, -0.25) is 0 Å². The first-order valence-corrected chi connectivity index (χ1v) is 6.03.